The molecule has 1 heterocycles. The van der Waals surface area contributed by atoms with E-state index >= 15 is 0 Å². The molecule has 0 aliphatic carbocycles. The summed E-state index contributed by atoms with van der Waals surface area (Å²) in [6, 6.07) is 14.1. The van der Waals surface area contributed by atoms with E-state index in [0.717, 1.165) is 41.9 Å². The van der Waals surface area contributed by atoms with E-state index in [9.17, 15) is 4.79 Å². The molecule has 1 aliphatic rings. The minimum atomic E-state index is 0.114. The summed E-state index contributed by atoms with van der Waals surface area (Å²) in [5.74, 6) is 0.114. The van der Waals surface area contributed by atoms with Gasteiger partial charge in [0.05, 0.1) is 0 Å². The van der Waals surface area contributed by atoms with Gasteiger partial charge in [0.25, 0.3) is 0 Å². The normalized spacial score (nSPS) is 14.5. The van der Waals surface area contributed by atoms with Gasteiger partial charge in [-0.1, -0.05) is 48.0 Å². The lowest BCUT2D eigenvalue weighted by atomic mass is 9.96. The SMILES string of the molecule is Cc1ccc(C)c(C(=O)c2cccc(CN3CC=CC3)c2)c1. The average Bonchev–Trinajstić information content (AvgIpc) is 3.02. The molecule has 0 spiro atoms. The summed E-state index contributed by atoms with van der Waals surface area (Å²) in [5.41, 5.74) is 4.93. The Kier molecular flexibility index (Phi) is 4.21. The lowest BCUT2D eigenvalue weighted by Crippen LogP contribution is -2.19. The summed E-state index contributed by atoms with van der Waals surface area (Å²) < 4.78 is 0. The van der Waals surface area contributed by atoms with E-state index in [2.05, 4.69) is 23.1 Å². The maximum Gasteiger partial charge on any atom is 0.193 e. The number of carbonyl (C=O) groups is 1. The Hall–Kier alpha value is -2.19. The van der Waals surface area contributed by atoms with E-state index in [1.165, 1.54) is 5.56 Å². The van der Waals surface area contributed by atoms with Crippen LogP contribution < -0.4 is 0 Å². The summed E-state index contributed by atoms with van der Waals surface area (Å²) >= 11 is 0. The van der Waals surface area contributed by atoms with Gasteiger partial charge in [-0.05, 0) is 37.1 Å². The fraction of sp³-hybridized carbons (Fsp3) is 0.250. The Balaban J connectivity index is 1.84. The van der Waals surface area contributed by atoms with Gasteiger partial charge in [-0.15, -0.1) is 0 Å². The number of rotatable bonds is 4. The largest absolute Gasteiger partial charge is 0.292 e. The second kappa shape index (κ2) is 6.29. The Morgan fingerprint density at radius 2 is 1.82 bits per heavy atom. The second-order valence-electron chi connectivity index (χ2n) is 6.01. The average molecular weight is 291 g/mol. The zero-order valence-corrected chi connectivity index (χ0v) is 13.2. The van der Waals surface area contributed by atoms with Crippen LogP contribution in [0.25, 0.3) is 0 Å². The van der Waals surface area contributed by atoms with Gasteiger partial charge < -0.3 is 0 Å². The Morgan fingerprint density at radius 1 is 1.05 bits per heavy atom. The van der Waals surface area contributed by atoms with Crippen LogP contribution in [-0.2, 0) is 6.54 Å². The van der Waals surface area contributed by atoms with E-state index in [0.29, 0.717) is 0 Å². The molecule has 0 amide bonds. The Morgan fingerprint density at radius 3 is 2.59 bits per heavy atom. The van der Waals surface area contributed by atoms with Crippen molar-refractivity contribution in [1.82, 2.24) is 4.90 Å². The van der Waals surface area contributed by atoms with Crippen molar-refractivity contribution in [3.05, 3.63) is 82.4 Å². The first-order chi connectivity index (χ1) is 10.6. The molecule has 0 aromatic heterocycles. The maximum atomic E-state index is 12.8. The molecule has 0 atom stereocenters. The van der Waals surface area contributed by atoms with Gasteiger partial charge >= 0.3 is 0 Å². The van der Waals surface area contributed by atoms with Gasteiger partial charge in [0.2, 0.25) is 0 Å². The highest BCUT2D eigenvalue weighted by Gasteiger charge is 2.13. The van der Waals surface area contributed by atoms with Crippen molar-refractivity contribution in [3.63, 3.8) is 0 Å². The number of hydrogen-bond acceptors (Lipinski definition) is 2. The fourth-order valence-electron chi connectivity index (χ4n) is 2.86. The highest BCUT2D eigenvalue weighted by molar-refractivity contribution is 6.10. The van der Waals surface area contributed by atoms with Crippen LogP contribution in [0.15, 0.2) is 54.6 Å². The van der Waals surface area contributed by atoms with Crippen molar-refractivity contribution in [2.45, 2.75) is 20.4 Å². The molecule has 0 N–H and O–H groups in total. The number of aryl methyl sites for hydroxylation is 2. The molecule has 22 heavy (non-hydrogen) atoms. The summed E-state index contributed by atoms with van der Waals surface area (Å²) in [5, 5.41) is 0. The highest BCUT2D eigenvalue weighted by Crippen LogP contribution is 2.18. The molecule has 2 heteroatoms. The number of benzene rings is 2. The molecule has 0 saturated heterocycles. The summed E-state index contributed by atoms with van der Waals surface area (Å²) in [6.07, 6.45) is 4.37. The molecule has 2 aromatic carbocycles. The minimum absolute atomic E-state index is 0.114. The van der Waals surface area contributed by atoms with Crippen LogP contribution in [-0.4, -0.2) is 23.8 Å². The Labute approximate surface area is 132 Å². The highest BCUT2D eigenvalue weighted by atomic mass is 16.1. The molecule has 3 rings (SSSR count). The molecule has 2 aromatic rings. The van der Waals surface area contributed by atoms with Gasteiger partial charge in [0.1, 0.15) is 0 Å². The van der Waals surface area contributed by atoms with Crippen molar-refractivity contribution in [2.24, 2.45) is 0 Å². The van der Waals surface area contributed by atoms with Crippen molar-refractivity contribution in [2.75, 3.05) is 13.1 Å². The van der Waals surface area contributed by atoms with E-state index in [4.69, 9.17) is 0 Å². The first-order valence-electron chi connectivity index (χ1n) is 7.72. The van der Waals surface area contributed by atoms with Crippen molar-refractivity contribution in [1.29, 1.82) is 0 Å². The molecule has 0 radical (unpaired) electrons. The van der Waals surface area contributed by atoms with Crippen LogP contribution in [0.1, 0.15) is 32.6 Å². The second-order valence-corrected chi connectivity index (χ2v) is 6.01. The van der Waals surface area contributed by atoms with Crippen LogP contribution in [0.4, 0.5) is 0 Å². The molecule has 1 aliphatic heterocycles. The first kappa shape index (κ1) is 14.7. The van der Waals surface area contributed by atoms with Gasteiger partial charge in [0, 0.05) is 30.8 Å². The molecule has 0 bridgehead atoms. The number of ketones is 1. The predicted octanol–water partition coefficient (Wildman–Crippen LogP) is 3.91. The van der Waals surface area contributed by atoms with Crippen LogP contribution in [0.2, 0.25) is 0 Å². The van der Waals surface area contributed by atoms with Crippen LogP contribution in [0, 0.1) is 13.8 Å². The van der Waals surface area contributed by atoms with Gasteiger partial charge in [0.15, 0.2) is 5.78 Å². The fourth-order valence-corrected chi connectivity index (χ4v) is 2.86. The van der Waals surface area contributed by atoms with Crippen molar-refractivity contribution >= 4 is 5.78 Å². The standard InChI is InChI=1S/C20H21NO/c1-15-8-9-16(2)19(12-15)20(22)18-7-5-6-17(13-18)14-21-10-3-4-11-21/h3-9,12-13H,10-11,14H2,1-2H3. The molecule has 2 nitrogen and oxygen atoms in total. The number of hydrogen-bond donors (Lipinski definition) is 0. The van der Waals surface area contributed by atoms with Crippen LogP contribution in [0.3, 0.4) is 0 Å². The summed E-state index contributed by atoms with van der Waals surface area (Å²) in [6.45, 7) is 6.89. The molecule has 0 fully saturated rings. The molecule has 112 valence electrons. The number of nitrogens with zero attached hydrogens (tertiary/aromatic N) is 1. The maximum absolute atomic E-state index is 12.8. The summed E-state index contributed by atoms with van der Waals surface area (Å²) in [7, 11) is 0. The monoisotopic (exact) mass is 291 g/mol. The molecular formula is C20H21NO. The lowest BCUT2D eigenvalue weighted by molar-refractivity contribution is 0.103. The van der Waals surface area contributed by atoms with Crippen LogP contribution >= 0.6 is 0 Å². The molecule has 0 unspecified atom stereocenters. The Bertz CT molecular complexity index is 722. The van der Waals surface area contributed by atoms with E-state index in [-0.39, 0.29) is 5.78 Å². The van der Waals surface area contributed by atoms with Gasteiger partial charge in [-0.25, -0.2) is 0 Å². The zero-order chi connectivity index (χ0) is 15.5. The van der Waals surface area contributed by atoms with Crippen molar-refractivity contribution in [3.8, 4) is 0 Å². The van der Waals surface area contributed by atoms with Crippen LogP contribution in [0.5, 0.6) is 0 Å². The summed E-state index contributed by atoms with van der Waals surface area (Å²) in [4.78, 5) is 15.1. The molecular weight excluding hydrogens is 270 g/mol. The molecule has 0 saturated carbocycles. The third-order valence-corrected chi connectivity index (χ3v) is 4.13. The van der Waals surface area contributed by atoms with Gasteiger partial charge in [-0.3, -0.25) is 9.69 Å². The zero-order valence-electron chi connectivity index (χ0n) is 13.2. The topological polar surface area (TPSA) is 20.3 Å². The third kappa shape index (κ3) is 3.18. The van der Waals surface area contributed by atoms with E-state index in [1.807, 2.05) is 50.2 Å². The smallest absolute Gasteiger partial charge is 0.193 e. The van der Waals surface area contributed by atoms with Gasteiger partial charge in [-0.2, -0.15) is 0 Å². The predicted molar refractivity (Wildman–Crippen MR) is 90.2 cm³/mol. The van der Waals surface area contributed by atoms with E-state index in [1.54, 1.807) is 0 Å². The third-order valence-electron chi connectivity index (χ3n) is 4.13. The van der Waals surface area contributed by atoms with Crippen molar-refractivity contribution < 1.29 is 4.79 Å². The van der Waals surface area contributed by atoms with E-state index < -0.39 is 0 Å². The lowest BCUT2D eigenvalue weighted by Gasteiger charge is -2.15. The minimum Gasteiger partial charge on any atom is -0.292 e. The quantitative estimate of drug-likeness (QED) is 0.629. The first-order valence-corrected chi connectivity index (χ1v) is 7.72. The number of carbonyl (C=O) groups excluding carboxylic acids is 1.